The molecular formula is C28H26FN7O7P2. The molecule has 1 saturated heterocycles. The van der Waals surface area contributed by atoms with E-state index in [0.29, 0.717) is 22.8 Å². The highest BCUT2D eigenvalue weighted by Crippen LogP contribution is 2.38. The molecule has 4 aromatic rings. The molecule has 1 fully saturated rings. The van der Waals surface area contributed by atoms with Crippen LogP contribution in [0.3, 0.4) is 0 Å². The van der Waals surface area contributed by atoms with E-state index in [9.17, 15) is 18.7 Å². The van der Waals surface area contributed by atoms with Crippen LogP contribution in [0.15, 0.2) is 72.8 Å². The number of pyridine rings is 1. The number of amides is 2. The summed E-state index contributed by atoms with van der Waals surface area (Å²) in [6, 6.07) is 14.2. The van der Waals surface area contributed by atoms with Crippen LogP contribution >= 0.6 is 16.5 Å². The van der Waals surface area contributed by atoms with E-state index in [0.717, 1.165) is 11.8 Å². The highest BCUT2D eigenvalue weighted by molar-refractivity contribution is 7.53. The van der Waals surface area contributed by atoms with Crippen molar-refractivity contribution in [3.63, 3.8) is 0 Å². The van der Waals surface area contributed by atoms with E-state index in [4.69, 9.17) is 14.0 Å². The molecule has 2 aromatic heterocycles. The summed E-state index contributed by atoms with van der Waals surface area (Å²) >= 11 is 0. The number of aromatic nitrogens is 5. The molecule has 0 radical (unpaired) electrons. The molecular weight excluding hydrogens is 627 g/mol. The third-order valence-electron chi connectivity index (χ3n) is 6.44. The number of benzene rings is 2. The number of nitrogens with one attached hydrogen (secondary N) is 1. The molecule has 2 atom stereocenters. The fraction of sp³-hybridized carbons (Fsp3) is 0.214. The summed E-state index contributed by atoms with van der Waals surface area (Å²) in [4.78, 5) is 31.6. The van der Waals surface area contributed by atoms with Crippen LogP contribution in [0.5, 0.6) is 0 Å². The van der Waals surface area contributed by atoms with Crippen LogP contribution in [0.25, 0.3) is 22.6 Å². The first-order valence-corrected chi connectivity index (χ1v) is 15.8. The fourth-order valence-corrected chi connectivity index (χ4v) is 6.00. The highest BCUT2D eigenvalue weighted by Gasteiger charge is 2.29. The molecule has 0 saturated carbocycles. The van der Waals surface area contributed by atoms with Crippen LogP contribution in [0.1, 0.15) is 12.5 Å². The van der Waals surface area contributed by atoms with Gasteiger partial charge in [-0.05, 0) is 60.5 Å². The lowest BCUT2D eigenvalue weighted by atomic mass is 10.1. The quantitative estimate of drug-likeness (QED) is 0.154. The number of tetrazole rings is 1. The average Bonchev–Trinajstić information content (AvgIpc) is 3.64. The second kappa shape index (κ2) is 14.3. The van der Waals surface area contributed by atoms with Crippen molar-refractivity contribution in [1.29, 1.82) is 0 Å². The standard InChI is InChI=1S/C28H26FN7O7P2/c1-3-42-45(40)25(44-39)12-17-4-7-19(8-5-17)31-27(37)41-16-21-15-36(28(38)43-21)20-9-10-22(23(29)13-20)18-6-11-24(30-14-18)26-32-34-35(2)33-26/h4-11,13-14,16,25,45H,3,12,15H2,1-2H3,(H,31,37)/b21-16-. The third kappa shape index (κ3) is 7.82. The number of hydrogen-bond donors (Lipinski definition) is 1. The minimum absolute atomic E-state index is 0.0414. The van der Waals surface area contributed by atoms with Crippen molar-refractivity contribution in [2.24, 2.45) is 7.05 Å². The van der Waals surface area contributed by atoms with Gasteiger partial charge in [0.15, 0.2) is 14.2 Å². The largest absolute Gasteiger partial charge is 0.420 e. The predicted molar refractivity (Wildman–Crippen MR) is 162 cm³/mol. The first kappa shape index (κ1) is 31.6. The number of halogens is 1. The molecule has 2 unspecified atom stereocenters. The lowest BCUT2D eigenvalue weighted by molar-refractivity contribution is 0.185. The number of anilines is 2. The molecule has 0 bridgehead atoms. The Balaban J connectivity index is 1.16. The molecule has 232 valence electrons. The lowest BCUT2D eigenvalue weighted by Gasteiger charge is -2.13. The minimum atomic E-state index is -2.46. The lowest BCUT2D eigenvalue weighted by Crippen LogP contribution is -2.23. The van der Waals surface area contributed by atoms with Crippen LogP contribution in [0, 0.1) is 5.82 Å². The van der Waals surface area contributed by atoms with Crippen molar-refractivity contribution in [2.75, 3.05) is 23.4 Å². The van der Waals surface area contributed by atoms with E-state index < -0.39 is 31.4 Å². The summed E-state index contributed by atoms with van der Waals surface area (Å²) in [6.45, 7) is 1.89. The summed E-state index contributed by atoms with van der Waals surface area (Å²) in [6.07, 6.45) is 1.16. The molecule has 5 rings (SSSR count). The van der Waals surface area contributed by atoms with Gasteiger partial charge in [-0.1, -0.05) is 18.2 Å². The maximum atomic E-state index is 15.1. The number of carbonyl (C=O) groups is 2. The zero-order valence-electron chi connectivity index (χ0n) is 23.9. The van der Waals surface area contributed by atoms with Gasteiger partial charge in [-0.15, -0.1) is 10.2 Å². The molecule has 45 heavy (non-hydrogen) atoms. The number of rotatable bonds is 11. The monoisotopic (exact) mass is 653 g/mol. The van der Waals surface area contributed by atoms with Gasteiger partial charge in [-0.2, -0.15) is 4.80 Å². The predicted octanol–water partition coefficient (Wildman–Crippen LogP) is 5.80. The van der Waals surface area contributed by atoms with E-state index in [2.05, 4.69) is 25.7 Å². The first-order chi connectivity index (χ1) is 21.7. The van der Waals surface area contributed by atoms with Crippen molar-refractivity contribution < 1.29 is 37.1 Å². The molecule has 1 aliphatic rings. The molecule has 3 heterocycles. The second-order valence-electron chi connectivity index (χ2n) is 9.54. The van der Waals surface area contributed by atoms with Gasteiger partial charge in [0.25, 0.3) is 0 Å². The summed E-state index contributed by atoms with van der Waals surface area (Å²) < 4.78 is 53.9. The van der Waals surface area contributed by atoms with E-state index >= 15 is 4.39 Å². The SMILES string of the molecule is CCO[PH](=O)C(Cc1ccc(NC(=O)O/C=C2/CN(c3ccc(-c4ccc(-c5nnn(C)n5)nc4)c(F)c3)C(=O)O2)cc1)P=O. The van der Waals surface area contributed by atoms with Crippen LogP contribution in [-0.4, -0.2) is 55.9 Å². The van der Waals surface area contributed by atoms with Gasteiger partial charge in [-0.25, -0.2) is 14.0 Å². The zero-order chi connectivity index (χ0) is 31.9. The zero-order valence-corrected chi connectivity index (χ0v) is 25.8. The molecule has 17 heteroatoms. The van der Waals surface area contributed by atoms with Crippen molar-refractivity contribution in [3.05, 3.63) is 84.2 Å². The highest BCUT2D eigenvalue weighted by atomic mass is 31.2. The third-order valence-corrected chi connectivity index (χ3v) is 9.15. The fourth-order valence-electron chi connectivity index (χ4n) is 4.27. The summed E-state index contributed by atoms with van der Waals surface area (Å²) in [5, 5.41) is 13.6. The van der Waals surface area contributed by atoms with Crippen LogP contribution in [0.2, 0.25) is 0 Å². The van der Waals surface area contributed by atoms with Gasteiger partial charge >= 0.3 is 12.2 Å². The van der Waals surface area contributed by atoms with Gasteiger partial charge in [0.1, 0.15) is 23.2 Å². The number of cyclic esters (lactones) is 1. The second-order valence-corrected chi connectivity index (χ2v) is 12.5. The van der Waals surface area contributed by atoms with Crippen molar-refractivity contribution in [3.8, 4) is 22.6 Å². The number of carbonyl (C=O) groups excluding carboxylic acids is 2. The Morgan fingerprint density at radius 3 is 2.67 bits per heavy atom. The topological polar surface area (TPSA) is 168 Å². The average molecular weight is 654 g/mol. The molecule has 0 aliphatic carbocycles. The Kier molecular flexibility index (Phi) is 10.0. The maximum Gasteiger partial charge on any atom is 0.420 e. The van der Waals surface area contributed by atoms with E-state index in [-0.39, 0.29) is 45.0 Å². The first-order valence-electron chi connectivity index (χ1n) is 13.5. The normalized spacial score (nSPS) is 15.2. The Morgan fingerprint density at radius 2 is 2.02 bits per heavy atom. The molecule has 2 amide bonds. The van der Waals surface area contributed by atoms with Crippen molar-refractivity contribution in [1.82, 2.24) is 25.2 Å². The van der Waals surface area contributed by atoms with Crippen LogP contribution in [0.4, 0.5) is 25.4 Å². The molecule has 14 nitrogen and oxygen atoms in total. The van der Waals surface area contributed by atoms with Crippen molar-refractivity contribution in [2.45, 2.75) is 18.7 Å². The molecule has 1 aliphatic heterocycles. The van der Waals surface area contributed by atoms with Gasteiger partial charge < -0.3 is 14.0 Å². The van der Waals surface area contributed by atoms with Crippen LogP contribution < -0.4 is 10.2 Å². The van der Waals surface area contributed by atoms with Crippen molar-refractivity contribution >= 4 is 40.0 Å². The van der Waals surface area contributed by atoms with Gasteiger partial charge in [0, 0.05) is 23.0 Å². The Morgan fingerprint density at radius 1 is 1.22 bits per heavy atom. The number of ether oxygens (including phenoxy) is 2. The summed E-state index contributed by atoms with van der Waals surface area (Å²) in [5.74, 6) is -0.203. The van der Waals surface area contributed by atoms with Gasteiger partial charge in [0.05, 0.1) is 25.9 Å². The number of aryl methyl sites for hydroxylation is 1. The van der Waals surface area contributed by atoms with E-state index in [1.165, 1.54) is 28.0 Å². The minimum Gasteiger partial charge on any atom is -0.414 e. The van der Waals surface area contributed by atoms with Crippen LogP contribution in [-0.2, 0) is 36.6 Å². The van der Waals surface area contributed by atoms with Gasteiger partial charge in [-0.3, -0.25) is 24.3 Å². The maximum absolute atomic E-state index is 15.1. The molecule has 2 aromatic carbocycles. The number of nitrogens with zero attached hydrogens (tertiary/aromatic N) is 6. The number of hydrogen-bond acceptors (Lipinski definition) is 11. The Labute approximate surface area is 258 Å². The van der Waals surface area contributed by atoms with Gasteiger partial charge in [0.2, 0.25) is 13.9 Å². The molecule has 0 spiro atoms. The Bertz CT molecular complexity index is 1770. The smallest absolute Gasteiger partial charge is 0.414 e. The van der Waals surface area contributed by atoms with E-state index in [1.54, 1.807) is 56.4 Å². The molecule has 1 N–H and O–H groups in total. The summed E-state index contributed by atoms with van der Waals surface area (Å²) in [5.41, 5.74) is 2.67. The van der Waals surface area contributed by atoms with E-state index in [1.807, 2.05) is 0 Å². The Hall–Kier alpha value is -4.84. The summed E-state index contributed by atoms with van der Waals surface area (Å²) in [7, 11) is -1.09.